The van der Waals surface area contributed by atoms with Gasteiger partial charge in [0.25, 0.3) is 0 Å². The van der Waals surface area contributed by atoms with Gasteiger partial charge in [0.05, 0.1) is 0 Å². The Morgan fingerprint density at radius 3 is 2.44 bits per heavy atom. The average molecular weight is 221 g/mol. The zero-order valence-corrected chi connectivity index (χ0v) is 10.8. The lowest BCUT2D eigenvalue weighted by Gasteiger charge is -2.22. The number of nitrogens with two attached hydrogens (primary N) is 1. The minimum absolute atomic E-state index is 0.195. The zero-order valence-electron chi connectivity index (χ0n) is 10.8. The third-order valence-corrected chi connectivity index (χ3v) is 2.73. The van der Waals surface area contributed by atoms with Crippen molar-refractivity contribution < 1.29 is 0 Å². The van der Waals surface area contributed by atoms with Gasteiger partial charge in [0.15, 0.2) is 0 Å². The number of hydrogen-bond donors (Lipinski definition) is 1. The van der Waals surface area contributed by atoms with E-state index in [1.807, 2.05) is 13.1 Å². The summed E-state index contributed by atoms with van der Waals surface area (Å²) in [7, 11) is 0. The molecule has 0 fully saturated rings. The highest BCUT2D eigenvalue weighted by atomic mass is 15.2. The van der Waals surface area contributed by atoms with E-state index in [1.165, 1.54) is 11.1 Å². The Hall–Kier alpha value is -1.09. The zero-order chi connectivity index (χ0) is 12.1. The van der Waals surface area contributed by atoms with Crippen LogP contribution in [0.1, 0.15) is 31.9 Å². The standard InChI is InChI=1S/C13H23N3/c1-5-16(6-2)13-10(3)7-12(9-15-13)8-11(4)14/h7,9,11H,5-6,8,14H2,1-4H3. The third-order valence-electron chi connectivity index (χ3n) is 2.73. The molecule has 16 heavy (non-hydrogen) atoms. The Morgan fingerprint density at radius 1 is 1.38 bits per heavy atom. The van der Waals surface area contributed by atoms with E-state index in [0.717, 1.165) is 25.3 Å². The second kappa shape index (κ2) is 5.85. The maximum absolute atomic E-state index is 5.79. The van der Waals surface area contributed by atoms with E-state index < -0.39 is 0 Å². The molecule has 0 saturated heterocycles. The normalized spacial score (nSPS) is 12.6. The highest BCUT2D eigenvalue weighted by molar-refractivity contribution is 5.47. The van der Waals surface area contributed by atoms with E-state index in [9.17, 15) is 0 Å². The van der Waals surface area contributed by atoms with E-state index >= 15 is 0 Å². The molecule has 0 aliphatic heterocycles. The van der Waals surface area contributed by atoms with E-state index in [4.69, 9.17) is 5.73 Å². The number of nitrogens with zero attached hydrogens (tertiary/aromatic N) is 2. The van der Waals surface area contributed by atoms with E-state index in [-0.39, 0.29) is 6.04 Å². The molecule has 90 valence electrons. The summed E-state index contributed by atoms with van der Waals surface area (Å²) < 4.78 is 0. The SMILES string of the molecule is CCN(CC)c1ncc(CC(C)N)cc1C. The molecule has 3 nitrogen and oxygen atoms in total. The number of aromatic nitrogens is 1. The largest absolute Gasteiger partial charge is 0.357 e. The Kier molecular flexibility index (Phi) is 4.74. The molecule has 3 heteroatoms. The summed E-state index contributed by atoms with van der Waals surface area (Å²) in [6, 6.07) is 2.39. The molecule has 0 aliphatic rings. The van der Waals surface area contributed by atoms with Gasteiger partial charge in [-0.3, -0.25) is 0 Å². The van der Waals surface area contributed by atoms with E-state index in [1.54, 1.807) is 0 Å². The van der Waals surface area contributed by atoms with Crippen LogP contribution in [0.5, 0.6) is 0 Å². The second-order valence-corrected chi connectivity index (χ2v) is 4.34. The number of rotatable bonds is 5. The maximum atomic E-state index is 5.79. The summed E-state index contributed by atoms with van der Waals surface area (Å²) in [6.07, 6.45) is 2.84. The molecule has 2 N–H and O–H groups in total. The molecule has 1 heterocycles. The van der Waals surface area contributed by atoms with Crippen molar-refractivity contribution in [2.24, 2.45) is 5.73 Å². The molecule has 1 rings (SSSR count). The van der Waals surface area contributed by atoms with Crippen molar-refractivity contribution in [1.29, 1.82) is 0 Å². The van der Waals surface area contributed by atoms with Crippen molar-refractivity contribution in [1.82, 2.24) is 4.98 Å². The number of aryl methyl sites for hydroxylation is 1. The summed E-state index contributed by atoms with van der Waals surface area (Å²) in [4.78, 5) is 6.81. The number of hydrogen-bond acceptors (Lipinski definition) is 3. The Morgan fingerprint density at radius 2 is 2.00 bits per heavy atom. The van der Waals surface area contributed by atoms with Crippen LogP contribution < -0.4 is 10.6 Å². The monoisotopic (exact) mass is 221 g/mol. The molecule has 0 spiro atoms. The first-order valence-corrected chi connectivity index (χ1v) is 6.04. The Labute approximate surface area is 98.7 Å². The van der Waals surface area contributed by atoms with Gasteiger partial charge in [0.2, 0.25) is 0 Å². The molecule has 0 amide bonds. The summed E-state index contributed by atoms with van der Waals surface area (Å²) in [6.45, 7) is 10.4. The van der Waals surface area contributed by atoms with Crippen molar-refractivity contribution in [2.45, 2.75) is 40.2 Å². The molecule has 1 unspecified atom stereocenters. The lowest BCUT2D eigenvalue weighted by atomic mass is 10.1. The molecule has 0 saturated carbocycles. The fourth-order valence-electron chi connectivity index (χ4n) is 1.96. The van der Waals surface area contributed by atoms with Crippen molar-refractivity contribution in [2.75, 3.05) is 18.0 Å². The minimum atomic E-state index is 0.195. The maximum Gasteiger partial charge on any atom is 0.131 e. The van der Waals surface area contributed by atoms with Gasteiger partial charge >= 0.3 is 0 Å². The molecule has 0 aromatic carbocycles. The molecule has 0 bridgehead atoms. The van der Waals surface area contributed by atoms with Gasteiger partial charge in [-0.2, -0.15) is 0 Å². The van der Waals surface area contributed by atoms with Crippen LogP contribution in [0.4, 0.5) is 5.82 Å². The van der Waals surface area contributed by atoms with Crippen molar-refractivity contribution in [3.8, 4) is 0 Å². The molecule has 1 atom stereocenters. The summed E-state index contributed by atoms with van der Waals surface area (Å²) in [5.41, 5.74) is 8.25. The number of anilines is 1. The van der Waals surface area contributed by atoms with Crippen LogP contribution in [0.25, 0.3) is 0 Å². The van der Waals surface area contributed by atoms with Crippen LogP contribution in [-0.2, 0) is 6.42 Å². The van der Waals surface area contributed by atoms with E-state index in [2.05, 4.69) is 36.7 Å². The van der Waals surface area contributed by atoms with Crippen LogP contribution in [-0.4, -0.2) is 24.1 Å². The predicted molar refractivity (Wildman–Crippen MR) is 69.9 cm³/mol. The molecule has 0 aliphatic carbocycles. The molecular formula is C13H23N3. The second-order valence-electron chi connectivity index (χ2n) is 4.34. The van der Waals surface area contributed by atoms with Gasteiger partial charge in [-0.05, 0) is 45.2 Å². The van der Waals surface area contributed by atoms with Gasteiger partial charge in [-0.25, -0.2) is 4.98 Å². The summed E-state index contributed by atoms with van der Waals surface area (Å²) in [5.74, 6) is 1.10. The van der Waals surface area contributed by atoms with Crippen LogP contribution >= 0.6 is 0 Å². The van der Waals surface area contributed by atoms with Gasteiger partial charge in [0, 0.05) is 25.3 Å². The van der Waals surface area contributed by atoms with Crippen LogP contribution in [0.15, 0.2) is 12.3 Å². The van der Waals surface area contributed by atoms with Gasteiger partial charge in [-0.15, -0.1) is 0 Å². The van der Waals surface area contributed by atoms with Gasteiger partial charge in [0.1, 0.15) is 5.82 Å². The van der Waals surface area contributed by atoms with E-state index in [0.29, 0.717) is 0 Å². The highest BCUT2D eigenvalue weighted by Crippen LogP contribution is 2.18. The molecule has 1 aromatic rings. The topological polar surface area (TPSA) is 42.2 Å². The fraction of sp³-hybridized carbons (Fsp3) is 0.615. The molecule has 0 radical (unpaired) electrons. The van der Waals surface area contributed by atoms with Crippen LogP contribution in [0.3, 0.4) is 0 Å². The predicted octanol–water partition coefficient (Wildman–Crippen LogP) is 2.13. The average Bonchev–Trinajstić information content (AvgIpc) is 2.21. The van der Waals surface area contributed by atoms with Crippen molar-refractivity contribution in [3.63, 3.8) is 0 Å². The van der Waals surface area contributed by atoms with Crippen molar-refractivity contribution >= 4 is 5.82 Å². The summed E-state index contributed by atoms with van der Waals surface area (Å²) in [5, 5.41) is 0. The van der Waals surface area contributed by atoms with Gasteiger partial charge < -0.3 is 10.6 Å². The Balaban J connectivity index is 2.90. The first-order chi connectivity index (χ1) is 7.58. The lowest BCUT2D eigenvalue weighted by Crippen LogP contribution is -2.24. The minimum Gasteiger partial charge on any atom is -0.357 e. The lowest BCUT2D eigenvalue weighted by molar-refractivity contribution is 0.733. The Bertz CT molecular complexity index is 330. The first-order valence-electron chi connectivity index (χ1n) is 6.04. The molecule has 1 aromatic heterocycles. The van der Waals surface area contributed by atoms with Crippen LogP contribution in [0, 0.1) is 6.92 Å². The van der Waals surface area contributed by atoms with Crippen LogP contribution in [0.2, 0.25) is 0 Å². The third kappa shape index (κ3) is 3.20. The first kappa shape index (κ1) is 13.0. The van der Waals surface area contributed by atoms with Crippen molar-refractivity contribution in [3.05, 3.63) is 23.4 Å². The smallest absolute Gasteiger partial charge is 0.131 e. The fourth-order valence-corrected chi connectivity index (χ4v) is 1.96. The quantitative estimate of drug-likeness (QED) is 0.828. The van der Waals surface area contributed by atoms with Gasteiger partial charge in [-0.1, -0.05) is 6.07 Å². The molecular weight excluding hydrogens is 198 g/mol. The summed E-state index contributed by atoms with van der Waals surface area (Å²) >= 11 is 0. The highest BCUT2D eigenvalue weighted by Gasteiger charge is 2.08. The number of pyridine rings is 1.